The molecule has 1 fully saturated rings. The molecular weight excluding hydrogens is 302 g/mol. The molecule has 0 bridgehead atoms. The molecule has 2 aromatic rings. The molecule has 24 heavy (non-hydrogen) atoms. The number of hydrogen-bond acceptors (Lipinski definition) is 3. The number of ether oxygens (including phenoxy) is 1. The van der Waals surface area contributed by atoms with E-state index in [1.807, 2.05) is 24.4 Å². The highest BCUT2D eigenvalue weighted by Crippen LogP contribution is 2.26. The molecule has 5 nitrogen and oxygen atoms in total. The highest BCUT2D eigenvalue weighted by molar-refractivity contribution is 5.78. The van der Waals surface area contributed by atoms with Crippen LogP contribution in [-0.2, 0) is 22.7 Å². The summed E-state index contributed by atoms with van der Waals surface area (Å²) in [7, 11) is 0. The van der Waals surface area contributed by atoms with E-state index in [9.17, 15) is 4.79 Å². The van der Waals surface area contributed by atoms with Crippen LogP contribution in [0.3, 0.4) is 0 Å². The number of imidazole rings is 1. The van der Waals surface area contributed by atoms with E-state index in [1.54, 1.807) is 0 Å². The average molecular weight is 325 g/mol. The van der Waals surface area contributed by atoms with Crippen LogP contribution < -0.4 is 5.32 Å². The van der Waals surface area contributed by atoms with E-state index in [0.717, 1.165) is 36.5 Å². The van der Waals surface area contributed by atoms with Crippen molar-refractivity contribution in [2.45, 2.75) is 44.9 Å². The van der Waals surface area contributed by atoms with Gasteiger partial charge in [-0.3, -0.25) is 4.79 Å². The van der Waals surface area contributed by atoms with Crippen LogP contribution in [0.4, 0.5) is 0 Å². The van der Waals surface area contributed by atoms with Gasteiger partial charge in [0.1, 0.15) is 12.4 Å². The van der Waals surface area contributed by atoms with Crippen LogP contribution in [0.15, 0.2) is 36.5 Å². The first-order valence-corrected chi connectivity index (χ1v) is 8.80. The molecule has 1 amide bonds. The smallest absolute Gasteiger partial charge is 0.223 e. The summed E-state index contributed by atoms with van der Waals surface area (Å²) in [6, 6.07) is 10.3. The van der Waals surface area contributed by atoms with Crippen molar-refractivity contribution in [3.05, 3.63) is 42.4 Å². The van der Waals surface area contributed by atoms with Gasteiger partial charge in [-0.25, -0.2) is 4.98 Å². The third-order valence-corrected chi connectivity index (χ3v) is 5.07. The fraction of sp³-hybridized carbons (Fsp3) is 0.474. The topological polar surface area (TPSA) is 56.2 Å². The van der Waals surface area contributed by atoms with E-state index >= 15 is 0 Å². The van der Waals surface area contributed by atoms with Crippen LogP contribution in [0.1, 0.15) is 31.5 Å². The third-order valence-electron chi connectivity index (χ3n) is 5.07. The van der Waals surface area contributed by atoms with Crippen LogP contribution in [-0.4, -0.2) is 28.1 Å². The molecule has 5 heteroatoms. The van der Waals surface area contributed by atoms with Crippen molar-refractivity contribution in [1.29, 1.82) is 0 Å². The molecule has 1 aromatic heterocycles. The lowest BCUT2D eigenvalue weighted by Gasteiger charge is -2.26. The molecule has 1 unspecified atom stereocenters. The maximum Gasteiger partial charge on any atom is 0.223 e. The van der Waals surface area contributed by atoms with Crippen LogP contribution in [0.25, 0.3) is 11.3 Å². The van der Waals surface area contributed by atoms with Gasteiger partial charge in [-0.2, -0.15) is 0 Å². The number of carbonyl (C=O) groups excluding carboxylic acids is 1. The zero-order valence-electron chi connectivity index (χ0n) is 13.8. The van der Waals surface area contributed by atoms with Gasteiger partial charge < -0.3 is 14.6 Å². The standard InChI is InChI=1S/C19H23N3O2/c23-19(15-8-4-5-9-15)21-10-16-12-22-17(11-20-18(22)13-24-16)14-6-2-1-3-7-14/h1-3,6-7,11,15-16H,4-5,8-10,12-13H2,(H,21,23). The minimum Gasteiger partial charge on any atom is -0.367 e. The molecule has 2 aliphatic rings. The molecule has 1 aliphatic carbocycles. The second kappa shape index (κ2) is 6.77. The Bertz CT molecular complexity index is 705. The van der Waals surface area contributed by atoms with E-state index in [2.05, 4.69) is 27.0 Å². The fourth-order valence-electron chi connectivity index (χ4n) is 3.69. The number of rotatable bonds is 4. The van der Waals surface area contributed by atoms with Gasteiger partial charge in [0.05, 0.1) is 24.5 Å². The largest absolute Gasteiger partial charge is 0.367 e. The molecule has 1 N–H and O–H groups in total. The van der Waals surface area contributed by atoms with E-state index in [4.69, 9.17) is 4.74 Å². The van der Waals surface area contributed by atoms with Crippen molar-refractivity contribution in [2.75, 3.05) is 6.54 Å². The van der Waals surface area contributed by atoms with Crippen LogP contribution in [0.2, 0.25) is 0 Å². The summed E-state index contributed by atoms with van der Waals surface area (Å²) in [5, 5.41) is 3.08. The molecule has 0 spiro atoms. The SMILES string of the molecule is O=C(NCC1Cn2c(-c3ccccc3)cnc2CO1)C1CCCC1. The predicted molar refractivity (Wildman–Crippen MR) is 91.2 cm³/mol. The summed E-state index contributed by atoms with van der Waals surface area (Å²) in [4.78, 5) is 16.7. The van der Waals surface area contributed by atoms with E-state index in [-0.39, 0.29) is 17.9 Å². The lowest BCUT2D eigenvalue weighted by atomic mass is 10.1. The Kier molecular flexibility index (Phi) is 4.34. The lowest BCUT2D eigenvalue weighted by Crippen LogP contribution is -2.40. The number of hydrogen-bond donors (Lipinski definition) is 1. The Balaban J connectivity index is 1.42. The number of nitrogens with one attached hydrogen (secondary N) is 1. The van der Waals surface area contributed by atoms with Gasteiger partial charge in [0.15, 0.2) is 0 Å². The molecule has 0 radical (unpaired) electrons. The van der Waals surface area contributed by atoms with Gasteiger partial charge in [-0.15, -0.1) is 0 Å². The summed E-state index contributed by atoms with van der Waals surface area (Å²) in [6.45, 7) is 1.79. The highest BCUT2D eigenvalue weighted by Gasteiger charge is 2.26. The Hall–Kier alpha value is -2.14. The van der Waals surface area contributed by atoms with Gasteiger partial charge in [-0.05, 0) is 18.4 Å². The molecule has 1 saturated carbocycles. The lowest BCUT2D eigenvalue weighted by molar-refractivity contribution is -0.125. The number of aromatic nitrogens is 2. The number of carbonyl (C=O) groups is 1. The Morgan fingerprint density at radius 1 is 1.25 bits per heavy atom. The molecule has 4 rings (SSSR count). The molecule has 1 aliphatic heterocycles. The van der Waals surface area contributed by atoms with E-state index in [1.165, 1.54) is 12.8 Å². The summed E-state index contributed by atoms with van der Waals surface area (Å²) in [5.41, 5.74) is 2.27. The zero-order chi connectivity index (χ0) is 16.4. The van der Waals surface area contributed by atoms with E-state index < -0.39 is 0 Å². The van der Waals surface area contributed by atoms with Crippen molar-refractivity contribution >= 4 is 5.91 Å². The average Bonchev–Trinajstić information content (AvgIpc) is 3.30. The maximum atomic E-state index is 12.2. The normalized spacial score (nSPS) is 20.8. The minimum absolute atomic E-state index is 0.000449. The number of amides is 1. The van der Waals surface area contributed by atoms with Crippen molar-refractivity contribution in [3.63, 3.8) is 0 Å². The van der Waals surface area contributed by atoms with Crippen molar-refractivity contribution in [3.8, 4) is 11.3 Å². The van der Waals surface area contributed by atoms with Crippen LogP contribution in [0, 0.1) is 5.92 Å². The van der Waals surface area contributed by atoms with Gasteiger partial charge in [0.25, 0.3) is 0 Å². The predicted octanol–water partition coefficient (Wildman–Crippen LogP) is 2.76. The Morgan fingerprint density at radius 3 is 2.83 bits per heavy atom. The van der Waals surface area contributed by atoms with Crippen molar-refractivity contribution in [1.82, 2.24) is 14.9 Å². The molecular formula is C19H23N3O2. The first kappa shape index (κ1) is 15.4. The first-order valence-electron chi connectivity index (χ1n) is 8.80. The summed E-state index contributed by atoms with van der Waals surface area (Å²) in [6.07, 6.45) is 6.32. The second-order valence-electron chi connectivity index (χ2n) is 6.70. The minimum atomic E-state index is -0.000449. The molecule has 2 heterocycles. The van der Waals surface area contributed by atoms with Crippen molar-refractivity contribution < 1.29 is 9.53 Å². The second-order valence-corrected chi connectivity index (χ2v) is 6.70. The highest BCUT2D eigenvalue weighted by atomic mass is 16.5. The van der Waals surface area contributed by atoms with E-state index in [0.29, 0.717) is 13.2 Å². The summed E-state index contributed by atoms with van der Waals surface area (Å²) < 4.78 is 8.08. The van der Waals surface area contributed by atoms with Gasteiger partial charge in [-0.1, -0.05) is 43.2 Å². The van der Waals surface area contributed by atoms with Crippen LogP contribution >= 0.6 is 0 Å². The van der Waals surface area contributed by atoms with Gasteiger partial charge in [0, 0.05) is 12.5 Å². The first-order chi connectivity index (χ1) is 11.8. The number of nitrogens with zero attached hydrogens (tertiary/aromatic N) is 2. The molecule has 0 saturated heterocycles. The number of fused-ring (bicyclic) bond motifs is 1. The summed E-state index contributed by atoms with van der Waals surface area (Å²) in [5.74, 6) is 1.35. The number of benzene rings is 1. The Labute approximate surface area is 142 Å². The quantitative estimate of drug-likeness (QED) is 0.940. The third kappa shape index (κ3) is 3.08. The maximum absolute atomic E-state index is 12.2. The van der Waals surface area contributed by atoms with Crippen molar-refractivity contribution in [2.24, 2.45) is 5.92 Å². The zero-order valence-corrected chi connectivity index (χ0v) is 13.8. The molecule has 1 aromatic carbocycles. The fourth-order valence-corrected chi connectivity index (χ4v) is 3.69. The van der Waals surface area contributed by atoms with Gasteiger partial charge in [0.2, 0.25) is 5.91 Å². The molecule has 1 atom stereocenters. The Morgan fingerprint density at radius 2 is 2.04 bits per heavy atom. The van der Waals surface area contributed by atoms with Crippen LogP contribution in [0.5, 0.6) is 0 Å². The van der Waals surface area contributed by atoms with Gasteiger partial charge >= 0.3 is 0 Å². The summed E-state index contributed by atoms with van der Waals surface area (Å²) >= 11 is 0. The molecule has 126 valence electrons. The monoisotopic (exact) mass is 325 g/mol.